The van der Waals surface area contributed by atoms with Crippen molar-refractivity contribution in [1.82, 2.24) is 9.80 Å². The van der Waals surface area contributed by atoms with Crippen molar-refractivity contribution in [3.05, 3.63) is 0 Å². The molecule has 0 aromatic rings. The zero-order valence-corrected chi connectivity index (χ0v) is 13.7. The molecule has 3 aliphatic rings. The highest BCUT2D eigenvalue weighted by atomic mass is 16.5. The molecule has 1 aliphatic carbocycles. The SMILES string of the molecule is CCOCCC(=O)N1CCC[C@@]2(CCC(=O)N(C3CC3)C2)C1. The Bertz CT molecular complexity index is 436. The number of hydrogen-bond donors (Lipinski definition) is 0. The van der Waals surface area contributed by atoms with E-state index < -0.39 is 0 Å². The van der Waals surface area contributed by atoms with E-state index in [1.165, 1.54) is 12.8 Å². The van der Waals surface area contributed by atoms with Crippen LogP contribution in [0.1, 0.15) is 51.9 Å². The van der Waals surface area contributed by atoms with Crippen molar-refractivity contribution in [2.24, 2.45) is 5.41 Å². The first-order chi connectivity index (χ1) is 10.6. The molecule has 3 fully saturated rings. The molecule has 0 radical (unpaired) electrons. The largest absolute Gasteiger partial charge is 0.381 e. The molecule has 2 heterocycles. The second kappa shape index (κ2) is 6.57. The first-order valence-corrected chi connectivity index (χ1v) is 8.78. The van der Waals surface area contributed by atoms with Crippen molar-refractivity contribution < 1.29 is 14.3 Å². The highest BCUT2D eigenvalue weighted by molar-refractivity contribution is 5.78. The fourth-order valence-electron chi connectivity index (χ4n) is 3.98. The van der Waals surface area contributed by atoms with Crippen LogP contribution in [0.3, 0.4) is 0 Å². The van der Waals surface area contributed by atoms with Gasteiger partial charge in [-0.05, 0) is 39.0 Å². The second-order valence-corrected chi connectivity index (χ2v) is 7.12. The van der Waals surface area contributed by atoms with Crippen LogP contribution in [0.5, 0.6) is 0 Å². The van der Waals surface area contributed by atoms with Crippen LogP contribution < -0.4 is 0 Å². The van der Waals surface area contributed by atoms with E-state index in [2.05, 4.69) is 4.90 Å². The fourth-order valence-corrected chi connectivity index (χ4v) is 3.98. The number of carbonyl (C=O) groups excluding carboxylic acids is 2. The van der Waals surface area contributed by atoms with Crippen molar-refractivity contribution in [2.75, 3.05) is 32.8 Å². The molecule has 2 amide bonds. The lowest BCUT2D eigenvalue weighted by atomic mass is 9.73. The van der Waals surface area contributed by atoms with E-state index in [0.717, 1.165) is 38.9 Å². The quantitative estimate of drug-likeness (QED) is 0.728. The molecule has 124 valence electrons. The van der Waals surface area contributed by atoms with Gasteiger partial charge in [0, 0.05) is 44.1 Å². The van der Waals surface area contributed by atoms with Gasteiger partial charge in [-0.15, -0.1) is 0 Å². The Balaban J connectivity index is 1.59. The summed E-state index contributed by atoms with van der Waals surface area (Å²) in [6.45, 7) is 5.69. The minimum absolute atomic E-state index is 0.149. The Labute approximate surface area is 133 Å². The number of rotatable bonds is 5. The van der Waals surface area contributed by atoms with Crippen molar-refractivity contribution in [1.29, 1.82) is 0 Å². The molecular formula is C17H28N2O3. The van der Waals surface area contributed by atoms with Crippen molar-refractivity contribution in [3.63, 3.8) is 0 Å². The first-order valence-electron chi connectivity index (χ1n) is 8.78. The van der Waals surface area contributed by atoms with Gasteiger partial charge in [-0.2, -0.15) is 0 Å². The fraction of sp³-hybridized carbons (Fsp3) is 0.882. The maximum Gasteiger partial charge on any atom is 0.224 e. The van der Waals surface area contributed by atoms with Gasteiger partial charge in [0.25, 0.3) is 0 Å². The van der Waals surface area contributed by atoms with Gasteiger partial charge in [-0.1, -0.05) is 0 Å². The van der Waals surface area contributed by atoms with Gasteiger partial charge in [-0.25, -0.2) is 0 Å². The minimum Gasteiger partial charge on any atom is -0.381 e. The molecule has 2 saturated heterocycles. The van der Waals surface area contributed by atoms with Crippen LogP contribution in [-0.4, -0.2) is 60.5 Å². The Morgan fingerprint density at radius 3 is 2.86 bits per heavy atom. The molecule has 3 rings (SSSR count). The molecule has 1 saturated carbocycles. The lowest BCUT2D eigenvalue weighted by Gasteiger charge is -2.48. The van der Waals surface area contributed by atoms with E-state index >= 15 is 0 Å². The summed E-state index contributed by atoms with van der Waals surface area (Å²) in [6, 6.07) is 0.494. The third kappa shape index (κ3) is 3.45. The van der Waals surface area contributed by atoms with Gasteiger partial charge in [-0.3, -0.25) is 9.59 Å². The smallest absolute Gasteiger partial charge is 0.224 e. The number of piperidine rings is 2. The predicted molar refractivity (Wildman–Crippen MR) is 83.3 cm³/mol. The molecule has 5 heteroatoms. The van der Waals surface area contributed by atoms with E-state index in [4.69, 9.17) is 4.74 Å². The molecule has 22 heavy (non-hydrogen) atoms. The summed E-state index contributed by atoms with van der Waals surface area (Å²) in [5.41, 5.74) is 0.149. The van der Waals surface area contributed by atoms with E-state index in [1.807, 2.05) is 11.8 Å². The third-order valence-electron chi connectivity index (χ3n) is 5.36. The lowest BCUT2D eigenvalue weighted by Crippen LogP contribution is -2.55. The van der Waals surface area contributed by atoms with Gasteiger partial charge in [0.2, 0.25) is 11.8 Å². The number of nitrogens with zero attached hydrogens (tertiary/aromatic N) is 2. The van der Waals surface area contributed by atoms with Crippen LogP contribution >= 0.6 is 0 Å². The Hall–Kier alpha value is -1.10. The Morgan fingerprint density at radius 2 is 2.14 bits per heavy atom. The number of likely N-dealkylation sites (tertiary alicyclic amines) is 2. The van der Waals surface area contributed by atoms with Gasteiger partial charge in [0.05, 0.1) is 13.0 Å². The van der Waals surface area contributed by atoms with Crippen LogP contribution in [-0.2, 0) is 14.3 Å². The summed E-state index contributed by atoms with van der Waals surface area (Å²) in [5.74, 6) is 0.537. The summed E-state index contributed by atoms with van der Waals surface area (Å²) in [7, 11) is 0. The Kier molecular flexibility index (Phi) is 4.71. The van der Waals surface area contributed by atoms with E-state index in [-0.39, 0.29) is 11.3 Å². The maximum atomic E-state index is 12.4. The topological polar surface area (TPSA) is 49.9 Å². The van der Waals surface area contributed by atoms with E-state index in [1.54, 1.807) is 0 Å². The van der Waals surface area contributed by atoms with Gasteiger partial charge < -0.3 is 14.5 Å². The molecular weight excluding hydrogens is 280 g/mol. The molecule has 0 bridgehead atoms. The van der Waals surface area contributed by atoms with Crippen LogP contribution in [0.15, 0.2) is 0 Å². The first kappa shape index (κ1) is 15.8. The zero-order valence-electron chi connectivity index (χ0n) is 13.7. The summed E-state index contributed by atoms with van der Waals surface area (Å²) >= 11 is 0. The van der Waals surface area contributed by atoms with Crippen LogP contribution in [0.2, 0.25) is 0 Å². The second-order valence-electron chi connectivity index (χ2n) is 7.12. The van der Waals surface area contributed by atoms with Crippen molar-refractivity contribution in [3.8, 4) is 0 Å². The summed E-state index contributed by atoms with van der Waals surface area (Å²) < 4.78 is 5.30. The normalized spacial score (nSPS) is 29.2. The van der Waals surface area contributed by atoms with Crippen LogP contribution in [0, 0.1) is 5.41 Å². The summed E-state index contributed by atoms with van der Waals surface area (Å²) in [6.07, 6.45) is 6.64. The minimum atomic E-state index is 0.149. The van der Waals surface area contributed by atoms with E-state index in [0.29, 0.717) is 38.0 Å². The zero-order chi connectivity index (χ0) is 15.6. The third-order valence-corrected chi connectivity index (χ3v) is 5.36. The van der Waals surface area contributed by atoms with Crippen molar-refractivity contribution in [2.45, 2.75) is 57.9 Å². The molecule has 0 N–H and O–H groups in total. The predicted octanol–water partition coefficient (Wildman–Crippen LogP) is 1.81. The summed E-state index contributed by atoms with van der Waals surface area (Å²) in [5, 5.41) is 0. The van der Waals surface area contributed by atoms with Gasteiger partial charge in [0.1, 0.15) is 0 Å². The summed E-state index contributed by atoms with van der Waals surface area (Å²) in [4.78, 5) is 28.6. The van der Waals surface area contributed by atoms with Crippen LogP contribution in [0.4, 0.5) is 0 Å². The lowest BCUT2D eigenvalue weighted by molar-refractivity contribution is -0.144. The van der Waals surface area contributed by atoms with Crippen LogP contribution in [0.25, 0.3) is 0 Å². The molecule has 2 aliphatic heterocycles. The molecule has 0 aromatic carbocycles. The number of amides is 2. The molecule has 5 nitrogen and oxygen atoms in total. The average molecular weight is 308 g/mol. The number of carbonyl (C=O) groups is 2. The number of hydrogen-bond acceptors (Lipinski definition) is 3. The molecule has 1 spiro atoms. The molecule has 0 unspecified atom stereocenters. The maximum absolute atomic E-state index is 12.4. The van der Waals surface area contributed by atoms with Crippen molar-refractivity contribution >= 4 is 11.8 Å². The van der Waals surface area contributed by atoms with Gasteiger partial charge >= 0.3 is 0 Å². The standard InChI is InChI=1S/C17H28N2O3/c1-2-22-11-7-15(20)18-10-3-8-17(12-18)9-6-16(21)19(13-17)14-4-5-14/h14H,2-13H2,1H3/t17-/m1/s1. The molecule has 1 atom stereocenters. The van der Waals surface area contributed by atoms with Gasteiger partial charge in [0.15, 0.2) is 0 Å². The Morgan fingerprint density at radius 1 is 1.32 bits per heavy atom. The molecule has 0 aromatic heterocycles. The highest BCUT2D eigenvalue weighted by Crippen LogP contribution is 2.42. The van der Waals surface area contributed by atoms with E-state index in [9.17, 15) is 9.59 Å². The number of ether oxygens (including phenoxy) is 1. The highest BCUT2D eigenvalue weighted by Gasteiger charge is 2.46. The monoisotopic (exact) mass is 308 g/mol. The average Bonchev–Trinajstić information content (AvgIpc) is 3.35.